The molecule has 0 heterocycles. The van der Waals surface area contributed by atoms with Gasteiger partial charge in [0, 0.05) is 12.0 Å². The predicted octanol–water partition coefficient (Wildman–Crippen LogP) is 5.52. The van der Waals surface area contributed by atoms with Crippen LogP contribution < -0.4 is 5.32 Å². The third-order valence-electron chi connectivity index (χ3n) is 4.03. The summed E-state index contributed by atoms with van der Waals surface area (Å²) in [6.45, 7) is 7.28. The summed E-state index contributed by atoms with van der Waals surface area (Å²) in [7, 11) is 0. The van der Waals surface area contributed by atoms with Crippen molar-refractivity contribution in [1.82, 2.24) is 5.32 Å². The zero-order valence-electron chi connectivity index (χ0n) is 13.8. The molecular formula is C19H20Cl2FNO. The van der Waals surface area contributed by atoms with Gasteiger partial charge in [-0.2, -0.15) is 0 Å². The van der Waals surface area contributed by atoms with Gasteiger partial charge in [0.15, 0.2) is 5.83 Å². The Morgan fingerprint density at radius 1 is 1.33 bits per heavy atom. The second kappa shape index (κ2) is 7.54. The molecule has 0 aromatic heterocycles. The molecule has 5 heteroatoms. The van der Waals surface area contributed by atoms with Crippen molar-refractivity contribution in [2.24, 2.45) is 0 Å². The molecule has 0 atom stereocenters. The third-order valence-corrected chi connectivity index (χ3v) is 4.77. The number of hydrogen-bond donors (Lipinski definition) is 1. The molecule has 0 bridgehead atoms. The van der Waals surface area contributed by atoms with Gasteiger partial charge in [-0.1, -0.05) is 53.6 Å². The van der Waals surface area contributed by atoms with Crippen LogP contribution in [0.3, 0.4) is 0 Å². The Labute approximate surface area is 152 Å². The Hall–Kier alpha value is -1.58. The summed E-state index contributed by atoms with van der Waals surface area (Å²) in [5.74, 6) is -1.50. The van der Waals surface area contributed by atoms with Gasteiger partial charge in [-0.25, -0.2) is 4.39 Å². The average molecular weight is 368 g/mol. The third kappa shape index (κ3) is 4.49. The summed E-state index contributed by atoms with van der Waals surface area (Å²) >= 11 is 12.0. The second-order valence-corrected chi connectivity index (χ2v) is 7.07. The van der Waals surface area contributed by atoms with E-state index in [0.717, 1.165) is 24.0 Å². The number of halogens is 3. The van der Waals surface area contributed by atoms with Crippen LogP contribution in [0.15, 0.2) is 53.9 Å². The van der Waals surface area contributed by atoms with Crippen molar-refractivity contribution in [2.45, 2.75) is 32.1 Å². The monoisotopic (exact) mass is 367 g/mol. The van der Waals surface area contributed by atoms with E-state index < -0.39 is 11.7 Å². The molecule has 128 valence electrons. The molecule has 1 saturated carbocycles. The first kappa shape index (κ1) is 18.8. The van der Waals surface area contributed by atoms with E-state index in [2.05, 4.69) is 11.9 Å². The maximum absolute atomic E-state index is 14.1. The molecule has 0 aliphatic heterocycles. The number of hydrogen-bond acceptors (Lipinski definition) is 1. The van der Waals surface area contributed by atoms with Crippen LogP contribution in [0.5, 0.6) is 0 Å². The molecular weight excluding hydrogens is 348 g/mol. The highest BCUT2D eigenvalue weighted by Crippen LogP contribution is 2.50. The Morgan fingerprint density at radius 2 is 2.00 bits per heavy atom. The number of amides is 1. The van der Waals surface area contributed by atoms with Crippen LogP contribution in [0, 0.1) is 0 Å². The maximum Gasteiger partial charge on any atom is 0.280 e. The quantitative estimate of drug-likeness (QED) is 0.400. The smallest absolute Gasteiger partial charge is 0.280 e. The number of nitrogens with one attached hydrogen (secondary N) is 1. The molecule has 1 aliphatic rings. The van der Waals surface area contributed by atoms with Crippen molar-refractivity contribution in [3.8, 4) is 0 Å². The first-order valence-corrected chi connectivity index (χ1v) is 8.44. The number of rotatable bonds is 6. The van der Waals surface area contributed by atoms with Gasteiger partial charge in [0.1, 0.15) is 0 Å². The first-order valence-electron chi connectivity index (χ1n) is 7.69. The van der Waals surface area contributed by atoms with Gasteiger partial charge in [-0.3, -0.25) is 4.79 Å². The van der Waals surface area contributed by atoms with Crippen LogP contribution >= 0.6 is 23.2 Å². The van der Waals surface area contributed by atoms with E-state index in [0.29, 0.717) is 15.6 Å². The number of allylic oxidation sites excluding steroid dienone is 3. The molecule has 1 aromatic rings. The number of benzene rings is 1. The highest BCUT2D eigenvalue weighted by molar-refractivity contribution is 6.42. The van der Waals surface area contributed by atoms with E-state index in [4.69, 9.17) is 23.2 Å². The highest BCUT2D eigenvalue weighted by Gasteiger charge is 2.41. The molecule has 1 aromatic carbocycles. The predicted molar refractivity (Wildman–Crippen MR) is 98.1 cm³/mol. The molecule has 1 amide bonds. The van der Waals surface area contributed by atoms with Crippen LogP contribution in [-0.4, -0.2) is 12.5 Å². The van der Waals surface area contributed by atoms with Gasteiger partial charge in [0.25, 0.3) is 5.91 Å². The van der Waals surface area contributed by atoms with Crippen molar-refractivity contribution in [2.75, 3.05) is 6.54 Å². The SMILES string of the molecule is C=C(C)CNC(=O)/C(F)=C(C)/C=C/C1(c2ccc(Cl)c(Cl)c2)CC1. The van der Waals surface area contributed by atoms with Crippen LogP contribution in [0.25, 0.3) is 0 Å². The first-order chi connectivity index (χ1) is 11.2. The maximum atomic E-state index is 14.1. The summed E-state index contributed by atoms with van der Waals surface area (Å²) in [6, 6.07) is 5.54. The van der Waals surface area contributed by atoms with Gasteiger partial charge in [-0.05, 0) is 50.0 Å². The lowest BCUT2D eigenvalue weighted by Gasteiger charge is -2.12. The molecule has 1 N–H and O–H groups in total. The molecule has 1 fully saturated rings. The summed E-state index contributed by atoms with van der Waals surface area (Å²) in [6.07, 6.45) is 5.51. The lowest BCUT2D eigenvalue weighted by molar-refractivity contribution is -0.118. The molecule has 0 saturated heterocycles. The number of carbonyl (C=O) groups excluding carboxylic acids is 1. The highest BCUT2D eigenvalue weighted by atomic mass is 35.5. The Morgan fingerprint density at radius 3 is 2.54 bits per heavy atom. The largest absolute Gasteiger partial charge is 0.346 e. The Bertz CT molecular complexity index is 733. The molecule has 2 nitrogen and oxygen atoms in total. The van der Waals surface area contributed by atoms with E-state index >= 15 is 0 Å². The minimum Gasteiger partial charge on any atom is -0.346 e. The van der Waals surface area contributed by atoms with E-state index in [9.17, 15) is 9.18 Å². The minimum atomic E-state index is -0.780. The summed E-state index contributed by atoms with van der Waals surface area (Å²) in [5.41, 5.74) is 1.96. The summed E-state index contributed by atoms with van der Waals surface area (Å²) in [5, 5.41) is 3.50. The topological polar surface area (TPSA) is 29.1 Å². The molecule has 0 radical (unpaired) electrons. The van der Waals surface area contributed by atoms with Crippen molar-refractivity contribution in [3.05, 3.63) is 69.5 Å². The minimum absolute atomic E-state index is 0.149. The standard InChI is InChI=1S/C19H20Cl2FNO/c1-12(2)11-23-18(24)17(22)13(3)6-7-19(8-9-19)14-4-5-15(20)16(21)10-14/h4-7,10H,1,8-9,11H2,2-3H3,(H,23,24)/b7-6+,17-13-. The fraction of sp³-hybridized carbons (Fsp3) is 0.316. The fourth-order valence-corrected chi connectivity index (χ4v) is 2.64. The molecule has 24 heavy (non-hydrogen) atoms. The van der Waals surface area contributed by atoms with Gasteiger partial charge in [0.05, 0.1) is 10.0 Å². The van der Waals surface area contributed by atoms with E-state index in [1.807, 2.05) is 18.2 Å². The van der Waals surface area contributed by atoms with Crippen molar-refractivity contribution in [1.29, 1.82) is 0 Å². The van der Waals surface area contributed by atoms with Crippen molar-refractivity contribution < 1.29 is 9.18 Å². The van der Waals surface area contributed by atoms with Crippen LogP contribution in [0.1, 0.15) is 32.3 Å². The van der Waals surface area contributed by atoms with E-state index in [1.54, 1.807) is 26.0 Å². The van der Waals surface area contributed by atoms with Crippen LogP contribution in [0.2, 0.25) is 10.0 Å². The van der Waals surface area contributed by atoms with E-state index in [1.165, 1.54) is 0 Å². The summed E-state index contributed by atoms with van der Waals surface area (Å²) in [4.78, 5) is 11.7. The Balaban J connectivity index is 2.13. The second-order valence-electron chi connectivity index (χ2n) is 6.26. The van der Waals surface area contributed by atoms with E-state index in [-0.39, 0.29) is 12.0 Å². The average Bonchev–Trinajstić information content (AvgIpc) is 3.33. The van der Waals surface area contributed by atoms with Crippen molar-refractivity contribution in [3.63, 3.8) is 0 Å². The van der Waals surface area contributed by atoms with Gasteiger partial charge in [0.2, 0.25) is 0 Å². The number of carbonyl (C=O) groups is 1. The fourth-order valence-electron chi connectivity index (χ4n) is 2.34. The molecule has 1 aliphatic carbocycles. The lowest BCUT2D eigenvalue weighted by Crippen LogP contribution is -2.25. The zero-order chi connectivity index (χ0) is 17.9. The molecule has 0 spiro atoms. The molecule has 0 unspecified atom stereocenters. The van der Waals surface area contributed by atoms with Gasteiger partial charge < -0.3 is 5.32 Å². The van der Waals surface area contributed by atoms with Gasteiger partial charge >= 0.3 is 0 Å². The van der Waals surface area contributed by atoms with Gasteiger partial charge in [-0.15, -0.1) is 0 Å². The van der Waals surface area contributed by atoms with Crippen LogP contribution in [-0.2, 0) is 10.2 Å². The normalized spacial score (nSPS) is 16.7. The molecule has 2 rings (SSSR count). The lowest BCUT2D eigenvalue weighted by atomic mass is 9.95. The van der Waals surface area contributed by atoms with Crippen LogP contribution in [0.4, 0.5) is 4.39 Å². The van der Waals surface area contributed by atoms with Crippen molar-refractivity contribution >= 4 is 29.1 Å². The summed E-state index contributed by atoms with van der Waals surface area (Å²) < 4.78 is 14.1. The Kier molecular flexibility index (Phi) is 5.89. The zero-order valence-corrected chi connectivity index (χ0v) is 15.3.